The molecule has 0 aromatic rings. The van der Waals surface area contributed by atoms with Crippen molar-refractivity contribution in [1.29, 1.82) is 0 Å². The van der Waals surface area contributed by atoms with Crippen molar-refractivity contribution in [2.45, 2.75) is 57.9 Å². The maximum atomic E-state index is 2.74. The number of piperidine rings is 1. The predicted molar refractivity (Wildman–Crippen MR) is 69.8 cm³/mol. The first-order chi connectivity index (χ1) is 7.90. The number of rotatable bonds is 5. The fourth-order valence-electron chi connectivity index (χ4n) is 3.20. The van der Waals surface area contributed by atoms with Crippen molar-refractivity contribution in [3.05, 3.63) is 0 Å². The Bertz CT molecular complexity index is 179. The van der Waals surface area contributed by atoms with Gasteiger partial charge >= 0.3 is 0 Å². The highest BCUT2D eigenvalue weighted by Crippen LogP contribution is 2.21. The standard InChI is InChI=1S/C14H28N2/c1-2-3-4-9-15-12-7-14(8-13-15)16-10-5-6-11-16/h14H,2-13H2,1H3. The average Bonchev–Trinajstić information content (AvgIpc) is 2.84. The van der Waals surface area contributed by atoms with E-state index in [4.69, 9.17) is 0 Å². The number of hydrogen-bond acceptors (Lipinski definition) is 2. The van der Waals surface area contributed by atoms with Crippen LogP contribution in [0, 0.1) is 0 Å². The van der Waals surface area contributed by atoms with Crippen LogP contribution in [0.2, 0.25) is 0 Å². The molecule has 0 bridgehead atoms. The van der Waals surface area contributed by atoms with Crippen molar-refractivity contribution in [2.75, 3.05) is 32.7 Å². The molecule has 0 N–H and O–H groups in total. The van der Waals surface area contributed by atoms with Crippen LogP contribution in [0.4, 0.5) is 0 Å². The molecule has 0 aliphatic carbocycles. The zero-order valence-electron chi connectivity index (χ0n) is 11.0. The predicted octanol–water partition coefficient (Wildman–Crippen LogP) is 2.74. The van der Waals surface area contributed by atoms with Crippen LogP contribution in [-0.4, -0.2) is 48.6 Å². The second kappa shape index (κ2) is 6.61. The van der Waals surface area contributed by atoms with Crippen molar-refractivity contribution < 1.29 is 0 Å². The molecule has 2 heteroatoms. The van der Waals surface area contributed by atoms with Gasteiger partial charge in [0, 0.05) is 6.04 Å². The van der Waals surface area contributed by atoms with Gasteiger partial charge in [-0.25, -0.2) is 0 Å². The second-order valence-corrected chi connectivity index (χ2v) is 5.52. The normalized spacial score (nSPS) is 25.3. The molecule has 0 aromatic carbocycles. The van der Waals surface area contributed by atoms with Crippen molar-refractivity contribution in [1.82, 2.24) is 9.80 Å². The van der Waals surface area contributed by atoms with Gasteiger partial charge in [0.1, 0.15) is 0 Å². The number of unbranched alkanes of at least 4 members (excludes halogenated alkanes) is 2. The first-order valence-electron chi connectivity index (χ1n) is 7.36. The van der Waals surface area contributed by atoms with Gasteiger partial charge in [0.2, 0.25) is 0 Å². The largest absolute Gasteiger partial charge is 0.303 e. The van der Waals surface area contributed by atoms with Crippen LogP contribution in [0.15, 0.2) is 0 Å². The van der Waals surface area contributed by atoms with Gasteiger partial charge < -0.3 is 9.80 Å². The van der Waals surface area contributed by atoms with Crippen molar-refractivity contribution in [3.8, 4) is 0 Å². The third-order valence-corrected chi connectivity index (χ3v) is 4.29. The van der Waals surface area contributed by atoms with E-state index in [2.05, 4.69) is 16.7 Å². The third-order valence-electron chi connectivity index (χ3n) is 4.29. The van der Waals surface area contributed by atoms with E-state index >= 15 is 0 Å². The van der Waals surface area contributed by atoms with Gasteiger partial charge in [0.05, 0.1) is 0 Å². The fraction of sp³-hybridized carbons (Fsp3) is 1.00. The molecule has 2 heterocycles. The highest BCUT2D eigenvalue weighted by Gasteiger charge is 2.25. The van der Waals surface area contributed by atoms with Gasteiger partial charge in [-0.1, -0.05) is 19.8 Å². The van der Waals surface area contributed by atoms with Crippen molar-refractivity contribution >= 4 is 0 Å². The first-order valence-corrected chi connectivity index (χ1v) is 7.36. The van der Waals surface area contributed by atoms with E-state index < -0.39 is 0 Å². The molecule has 16 heavy (non-hydrogen) atoms. The Kier molecular flexibility index (Phi) is 5.11. The van der Waals surface area contributed by atoms with Gasteiger partial charge in [0.15, 0.2) is 0 Å². The number of nitrogens with zero attached hydrogens (tertiary/aromatic N) is 2. The molecular weight excluding hydrogens is 196 g/mol. The van der Waals surface area contributed by atoms with Crippen LogP contribution in [0.5, 0.6) is 0 Å². The molecule has 94 valence electrons. The van der Waals surface area contributed by atoms with Gasteiger partial charge in [-0.3, -0.25) is 0 Å². The molecule has 2 fully saturated rings. The van der Waals surface area contributed by atoms with Gasteiger partial charge in [-0.05, 0) is 64.8 Å². The van der Waals surface area contributed by atoms with Crippen LogP contribution < -0.4 is 0 Å². The Morgan fingerprint density at radius 3 is 2.25 bits per heavy atom. The van der Waals surface area contributed by atoms with E-state index in [1.165, 1.54) is 77.7 Å². The van der Waals surface area contributed by atoms with E-state index in [-0.39, 0.29) is 0 Å². The fourth-order valence-corrected chi connectivity index (χ4v) is 3.20. The Labute approximate surface area is 101 Å². The molecule has 0 aromatic heterocycles. The maximum absolute atomic E-state index is 2.74. The van der Waals surface area contributed by atoms with E-state index in [9.17, 15) is 0 Å². The Hall–Kier alpha value is -0.0800. The molecule has 0 spiro atoms. The summed E-state index contributed by atoms with van der Waals surface area (Å²) in [4.78, 5) is 5.42. The van der Waals surface area contributed by atoms with Gasteiger partial charge in [-0.15, -0.1) is 0 Å². The molecule has 0 saturated carbocycles. The lowest BCUT2D eigenvalue weighted by molar-refractivity contribution is 0.125. The summed E-state index contributed by atoms with van der Waals surface area (Å²) in [5.41, 5.74) is 0. The smallest absolute Gasteiger partial charge is 0.0120 e. The van der Waals surface area contributed by atoms with E-state index in [1.54, 1.807) is 0 Å². The average molecular weight is 224 g/mol. The van der Waals surface area contributed by atoms with Crippen LogP contribution >= 0.6 is 0 Å². The molecule has 0 atom stereocenters. The second-order valence-electron chi connectivity index (χ2n) is 5.52. The number of hydrogen-bond donors (Lipinski definition) is 0. The highest BCUT2D eigenvalue weighted by atomic mass is 15.2. The molecule has 2 aliphatic rings. The zero-order chi connectivity index (χ0) is 11.2. The third kappa shape index (κ3) is 3.46. The monoisotopic (exact) mass is 224 g/mol. The molecule has 0 unspecified atom stereocenters. The molecule has 2 aliphatic heterocycles. The van der Waals surface area contributed by atoms with Crippen molar-refractivity contribution in [3.63, 3.8) is 0 Å². The Balaban J connectivity index is 1.62. The highest BCUT2D eigenvalue weighted by molar-refractivity contribution is 4.82. The molecule has 0 amide bonds. The Morgan fingerprint density at radius 2 is 1.62 bits per heavy atom. The van der Waals surface area contributed by atoms with Crippen LogP contribution in [0.25, 0.3) is 0 Å². The summed E-state index contributed by atoms with van der Waals surface area (Å²) in [6.07, 6.45) is 9.90. The molecule has 2 rings (SSSR count). The quantitative estimate of drug-likeness (QED) is 0.663. The SMILES string of the molecule is CCCCCN1CCC(N2CCCC2)CC1. The molecular formula is C14H28N2. The van der Waals surface area contributed by atoms with Gasteiger partial charge in [-0.2, -0.15) is 0 Å². The zero-order valence-corrected chi connectivity index (χ0v) is 11.0. The minimum atomic E-state index is 0.921. The van der Waals surface area contributed by atoms with E-state index in [0.29, 0.717) is 0 Å². The topological polar surface area (TPSA) is 6.48 Å². The summed E-state index contributed by atoms with van der Waals surface area (Å²) < 4.78 is 0. The first kappa shape index (κ1) is 12.4. The summed E-state index contributed by atoms with van der Waals surface area (Å²) in [5.74, 6) is 0. The molecule has 2 saturated heterocycles. The summed E-state index contributed by atoms with van der Waals surface area (Å²) in [7, 11) is 0. The lowest BCUT2D eigenvalue weighted by Crippen LogP contribution is -2.44. The van der Waals surface area contributed by atoms with E-state index in [1.807, 2.05) is 0 Å². The Morgan fingerprint density at radius 1 is 0.938 bits per heavy atom. The maximum Gasteiger partial charge on any atom is 0.0120 e. The van der Waals surface area contributed by atoms with Crippen LogP contribution in [0.1, 0.15) is 51.9 Å². The van der Waals surface area contributed by atoms with Crippen molar-refractivity contribution in [2.24, 2.45) is 0 Å². The summed E-state index contributed by atoms with van der Waals surface area (Å²) in [6, 6.07) is 0.921. The van der Waals surface area contributed by atoms with Gasteiger partial charge in [0.25, 0.3) is 0 Å². The molecule has 2 nitrogen and oxygen atoms in total. The van der Waals surface area contributed by atoms with Crippen LogP contribution in [-0.2, 0) is 0 Å². The lowest BCUT2D eigenvalue weighted by Gasteiger charge is -2.36. The minimum Gasteiger partial charge on any atom is -0.303 e. The lowest BCUT2D eigenvalue weighted by atomic mass is 10.0. The van der Waals surface area contributed by atoms with E-state index in [0.717, 1.165) is 6.04 Å². The number of likely N-dealkylation sites (tertiary alicyclic amines) is 2. The summed E-state index contributed by atoms with van der Waals surface area (Å²) in [6.45, 7) is 9.09. The summed E-state index contributed by atoms with van der Waals surface area (Å²) >= 11 is 0. The molecule has 0 radical (unpaired) electrons. The van der Waals surface area contributed by atoms with Crippen LogP contribution in [0.3, 0.4) is 0 Å². The summed E-state index contributed by atoms with van der Waals surface area (Å²) in [5, 5.41) is 0. The minimum absolute atomic E-state index is 0.921.